The summed E-state index contributed by atoms with van der Waals surface area (Å²) in [6.45, 7) is 1.95. The van der Waals surface area contributed by atoms with Gasteiger partial charge in [-0.15, -0.1) is 0 Å². The third-order valence-corrected chi connectivity index (χ3v) is 6.75. The highest BCUT2D eigenvalue weighted by Gasteiger charge is 2.28. The number of esters is 2. The molecule has 0 unspecified atom stereocenters. The van der Waals surface area contributed by atoms with Gasteiger partial charge < -0.3 is 32.2 Å². The zero-order valence-electron chi connectivity index (χ0n) is 23.1. The van der Waals surface area contributed by atoms with Gasteiger partial charge in [0.25, 0.3) is 0 Å². The lowest BCUT2D eigenvalue weighted by Crippen LogP contribution is -2.29. The van der Waals surface area contributed by atoms with Crippen LogP contribution in [0.3, 0.4) is 0 Å². The molecular weight excluding hydrogens is 588 g/mol. The number of ketones is 1. The fourth-order valence-electron chi connectivity index (χ4n) is 4.29. The number of aliphatic hydroxyl groups excluding tert-OH is 1. The highest BCUT2D eigenvalue weighted by molar-refractivity contribution is 6.33. The summed E-state index contributed by atoms with van der Waals surface area (Å²) in [6, 6.07) is 14.7. The molecular formula is C30H27ClO12. The molecule has 2 aromatic heterocycles. The number of ether oxygens (including phenoxy) is 2. The molecule has 43 heavy (non-hydrogen) atoms. The van der Waals surface area contributed by atoms with Crippen molar-refractivity contribution < 1.29 is 46.6 Å². The number of hydrogen-bond acceptors (Lipinski definition) is 12. The van der Waals surface area contributed by atoms with Crippen LogP contribution in [0.25, 0.3) is 11.1 Å². The topological polar surface area (TPSA) is 177 Å². The SMILES string of the molecule is Cc1oc(=O)oc1COC(=O)C(=O)C[C@H](Cc1ccc(-c2cccc(Cl)c2)cc1)C[C@@H](O)C(=O)OCc1oc(=O)oc1C. The van der Waals surface area contributed by atoms with E-state index >= 15 is 0 Å². The molecule has 13 heteroatoms. The predicted molar refractivity (Wildman–Crippen MR) is 148 cm³/mol. The van der Waals surface area contributed by atoms with Crippen LogP contribution >= 0.6 is 11.6 Å². The Bertz CT molecular complexity index is 1710. The fourth-order valence-corrected chi connectivity index (χ4v) is 4.48. The molecule has 0 amide bonds. The lowest BCUT2D eigenvalue weighted by atomic mass is 9.88. The first-order valence-electron chi connectivity index (χ1n) is 13.1. The van der Waals surface area contributed by atoms with Crippen LogP contribution in [0.4, 0.5) is 0 Å². The van der Waals surface area contributed by atoms with Gasteiger partial charge in [-0.05, 0) is 61.4 Å². The lowest BCUT2D eigenvalue weighted by molar-refractivity contribution is -0.157. The number of Topliss-reactive ketones (excluding diaryl/α,β-unsaturated/α-hetero) is 1. The smallest absolute Gasteiger partial charge is 0.455 e. The Morgan fingerprint density at radius 1 is 0.837 bits per heavy atom. The quantitative estimate of drug-likeness (QED) is 0.169. The minimum absolute atomic E-state index is 0.0106. The second kappa shape index (κ2) is 14.0. The summed E-state index contributed by atoms with van der Waals surface area (Å²) in [4.78, 5) is 60.1. The average Bonchev–Trinajstić information content (AvgIpc) is 3.47. The molecule has 2 atom stereocenters. The van der Waals surface area contributed by atoms with Crippen molar-refractivity contribution in [1.29, 1.82) is 0 Å². The maximum absolute atomic E-state index is 12.8. The van der Waals surface area contributed by atoms with E-state index < -0.39 is 54.6 Å². The molecule has 0 bridgehead atoms. The van der Waals surface area contributed by atoms with Crippen molar-refractivity contribution in [3.8, 4) is 11.1 Å². The van der Waals surface area contributed by atoms with E-state index in [-0.39, 0.29) is 42.3 Å². The third-order valence-electron chi connectivity index (χ3n) is 6.52. The van der Waals surface area contributed by atoms with Crippen LogP contribution < -0.4 is 11.6 Å². The van der Waals surface area contributed by atoms with Gasteiger partial charge in [-0.1, -0.05) is 48.0 Å². The normalized spacial score (nSPS) is 12.5. The van der Waals surface area contributed by atoms with Crippen molar-refractivity contribution >= 4 is 29.3 Å². The van der Waals surface area contributed by atoms with Crippen molar-refractivity contribution in [2.75, 3.05) is 0 Å². The first-order chi connectivity index (χ1) is 20.5. The third kappa shape index (κ3) is 8.66. The Hall–Kier alpha value is -4.68. The molecule has 0 saturated heterocycles. The van der Waals surface area contributed by atoms with Crippen molar-refractivity contribution in [1.82, 2.24) is 0 Å². The molecule has 12 nitrogen and oxygen atoms in total. The van der Waals surface area contributed by atoms with Gasteiger partial charge in [-0.2, -0.15) is 0 Å². The monoisotopic (exact) mass is 614 g/mol. The number of aliphatic hydroxyl groups is 1. The molecule has 0 aliphatic rings. The predicted octanol–water partition coefficient (Wildman–Crippen LogP) is 4.07. The van der Waals surface area contributed by atoms with Gasteiger partial charge >= 0.3 is 23.6 Å². The summed E-state index contributed by atoms with van der Waals surface area (Å²) in [5.41, 5.74) is 2.57. The van der Waals surface area contributed by atoms with Gasteiger partial charge in [-0.3, -0.25) is 4.79 Å². The Balaban J connectivity index is 1.43. The van der Waals surface area contributed by atoms with E-state index in [4.69, 9.17) is 38.7 Å². The molecule has 0 aliphatic heterocycles. The van der Waals surface area contributed by atoms with Crippen molar-refractivity contribution in [2.45, 2.75) is 52.4 Å². The van der Waals surface area contributed by atoms with Crippen LogP contribution in [-0.4, -0.2) is 28.9 Å². The Morgan fingerprint density at radius 2 is 1.44 bits per heavy atom. The van der Waals surface area contributed by atoms with Gasteiger partial charge in [0.1, 0.15) is 0 Å². The summed E-state index contributed by atoms with van der Waals surface area (Å²) in [6.07, 6.45) is -2.06. The zero-order chi connectivity index (χ0) is 31.1. The van der Waals surface area contributed by atoms with Gasteiger partial charge in [0.05, 0.1) is 0 Å². The molecule has 226 valence electrons. The van der Waals surface area contributed by atoms with E-state index in [1.54, 1.807) is 6.07 Å². The maximum atomic E-state index is 12.8. The number of halogens is 1. The Labute approximate surface area is 248 Å². The minimum Gasteiger partial charge on any atom is -0.455 e. The van der Waals surface area contributed by atoms with E-state index in [2.05, 4.69) is 0 Å². The number of carbonyl (C=O) groups is 3. The average molecular weight is 615 g/mol. The van der Waals surface area contributed by atoms with E-state index in [1.165, 1.54) is 13.8 Å². The van der Waals surface area contributed by atoms with Crippen molar-refractivity contribution in [2.24, 2.45) is 5.92 Å². The number of rotatable bonds is 13. The molecule has 0 fully saturated rings. The second-order valence-electron chi connectivity index (χ2n) is 9.71. The largest absolute Gasteiger partial charge is 0.519 e. The van der Waals surface area contributed by atoms with E-state index in [0.29, 0.717) is 5.02 Å². The van der Waals surface area contributed by atoms with Crippen LogP contribution in [0.1, 0.15) is 41.4 Å². The number of hydrogen-bond donors (Lipinski definition) is 1. The molecule has 4 rings (SSSR count). The first-order valence-corrected chi connectivity index (χ1v) is 13.4. The highest BCUT2D eigenvalue weighted by Crippen LogP contribution is 2.25. The molecule has 0 aliphatic carbocycles. The van der Waals surface area contributed by atoms with Gasteiger partial charge in [0.2, 0.25) is 5.78 Å². The van der Waals surface area contributed by atoms with Crippen LogP contribution in [-0.2, 0) is 43.5 Å². The summed E-state index contributed by atoms with van der Waals surface area (Å²) in [5, 5.41) is 11.2. The number of aryl methyl sites for hydroxylation is 2. The molecule has 0 radical (unpaired) electrons. The van der Waals surface area contributed by atoms with E-state index in [9.17, 15) is 29.1 Å². The first kappa shape index (κ1) is 31.3. The van der Waals surface area contributed by atoms with Crippen LogP contribution in [0.2, 0.25) is 5.02 Å². The Kier molecular flexibility index (Phi) is 10.2. The van der Waals surface area contributed by atoms with Crippen LogP contribution in [0.5, 0.6) is 0 Å². The minimum atomic E-state index is -1.67. The van der Waals surface area contributed by atoms with Gasteiger partial charge in [0.15, 0.2) is 42.4 Å². The number of benzene rings is 2. The lowest BCUT2D eigenvalue weighted by Gasteiger charge is -2.19. The standard InChI is InChI=1S/C30H27ClO12/c1-16-25(42-29(36)40-16)14-38-27(34)23(32)11-19(12-24(33)28(35)39-15-26-17(2)41-30(37)43-26)10-18-6-8-20(9-7-18)21-4-3-5-22(31)13-21/h3-9,13,19,23,32H,10-12,14-15H2,1-2H3/t19-,23-/m1/s1. The summed E-state index contributed by atoms with van der Waals surface area (Å²) >= 11 is 6.10. The van der Waals surface area contributed by atoms with E-state index in [1.807, 2.05) is 42.5 Å². The van der Waals surface area contributed by atoms with Gasteiger partial charge in [-0.25, -0.2) is 19.2 Å². The summed E-state index contributed by atoms with van der Waals surface area (Å²) in [7, 11) is 0. The maximum Gasteiger partial charge on any atom is 0.519 e. The van der Waals surface area contributed by atoms with Gasteiger partial charge in [0, 0.05) is 11.4 Å². The molecule has 4 aromatic rings. The summed E-state index contributed by atoms with van der Waals surface area (Å²) < 4.78 is 29.0. The highest BCUT2D eigenvalue weighted by atomic mass is 35.5. The summed E-state index contributed by atoms with van der Waals surface area (Å²) in [5.74, 6) is -5.56. The molecule has 2 aromatic carbocycles. The number of carbonyl (C=O) groups excluding carboxylic acids is 3. The molecule has 0 saturated carbocycles. The Morgan fingerprint density at radius 3 is 2.00 bits per heavy atom. The molecule has 2 heterocycles. The van der Waals surface area contributed by atoms with Crippen LogP contribution in [0, 0.1) is 19.8 Å². The zero-order valence-corrected chi connectivity index (χ0v) is 23.9. The van der Waals surface area contributed by atoms with Crippen molar-refractivity contribution in [3.63, 3.8) is 0 Å². The van der Waals surface area contributed by atoms with E-state index in [0.717, 1.165) is 16.7 Å². The fraction of sp³-hybridized carbons (Fsp3) is 0.300. The molecule has 1 N–H and O–H groups in total. The van der Waals surface area contributed by atoms with Crippen LogP contribution in [0.15, 0.2) is 75.8 Å². The second-order valence-corrected chi connectivity index (χ2v) is 10.1. The van der Waals surface area contributed by atoms with Crippen molar-refractivity contribution in [3.05, 3.63) is 103 Å². The molecule has 0 spiro atoms.